The van der Waals surface area contributed by atoms with Crippen LogP contribution in [0.15, 0.2) is 12.1 Å². The molecule has 0 radical (unpaired) electrons. The normalized spacial score (nSPS) is 16.1. The van der Waals surface area contributed by atoms with E-state index in [1.807, 2.05) is 0 Å². The summed E-state index contributed by atoms with van der Waals surface area (Å²) in [6.45, 7) is -0.104. The lowest BCUT2D eigenvalue weighted by molar-refractivity contribution is -0.160. The summed E-state index contributed by atoms with van der Waals surface area (Å²) in [5.74, 6) is -1.24. The quantitative estimate of drug-likeness (QED) is 0.454. The largest absolute Gasteiger partial charge is 0.390 e. The maximum absolute atomic E-state index is 11.1. The molecule has 0 saturated carbocycles. The van der Waals surface area contributed by atoms with Crippen LogP contribution in [-0.2, 0) is 14.3 Å². The van der Waals surface area contributed by atoms with Gasteiger partial charge in [0.05, 0.1) is 20.8 Å². The van der Waals surface area contributed by atoms with Crippen molar-refractivity contribution in [3.63, 3.8) is 0 Å². The molecule has 1 aromatic rings. The summed E-state index contributed by atoms with van der Waals surface area (Å²) in [5, 5.41) is 0.936. The SMILES string of the molecule is O=C1CN(c2cc(Cl)c(Cl)cc2Cl)CC(=O)O1. The number of cyclic esters (lactones) is 2. The summed E-state index contributed by atoms with van der Waals surface area (Å²) in [7, 11) is 0. The summed E-state index contributed by atoms with van der Waals surface area (Å²) >= 11 is 17.6. The first-order chi connectivity index (χ1) is 7.97. The minimum Gasteiger partial charge on any atom is -0.390 e. The van der Waals surface area contributed by atoms with E-state index in [1.54, 1.807) is 0 Å². The predicted octanol–water partition coefficient (Wildman–Crippen LogP) is 2.54. The molecular formula is C10H6Cl3NO3. The predicted molar refractivity (Wildman–Crippen MR) is 64.8 cm³/mol. The Morgan fingerprint density at radius 3 is 2.06 bits per heavy atom. The molecule has 17 heavy (non-hydrogen) atoms. The van der Waals surface area contributed by atoms with E-state index in [0.29, 0.717) is 20.8 Å². The van der Waals surface area contributed by atoms with Crippen molar-refractivity contribution in [1.29, 1.82) is 0 Å². The third kappa shape index (κ3) is 2.65. The van der Waals surface area contributed by atoms with Crippen LogP contribution in [0, 0.1) is 0 Å². The van der Waals surface area contributed by atoms with Crippen molar-refractivity contribution in [1.82, 2.24) is 0 Å². The van der Waals surface area contributed by atoms with Gasteiger partial charge >= 0.3 is 11.9 Å². The molecular weight excluding hydrogens is 288 g/mol. The second-order valence-electron chi connectivity index (χ2n) is 3.42. The number of halogens is 3. The summed E-state index contributed by atoms with van der Waals surface area (Å²) in [6, 6.07) is 2.98. The Kier molecular flexibility index (Phi) is 3.47. The molecule has 90 valence electrons. The lowest BCUT2D eigenvalue weighted by Gasteiger charge is -2.27. The molecule has 0 spiro atoms. The number of hydrogen-bond donors (Lipinski definition) is 0. The van der Waals surface area contributed by atoms with Crippen molar-refractivity contribution in [2.75, 3.05) is 18.0 Å². The first-order valence-electron chi connectivity index (χ1n) is 4.60. The zero-order valence-corrected chi connectivity index (χ0v) is 10.6. The van der Waals surface area contributed by atoms with Gasteiger partial charge in [-0.2, -0.15) is 0 Å². The van der Waals surface area contributed by atoms with Crippen LogP contribution in [0.2, 0.25) is 15.1 Å². The summed E-state index contributed by atoms with van der Waals surface area (Å²) in [6.07, 6.45) is 0. The number of morpholine rings is 1. The highest BCUT2D eigenvalue weighted by molar-refractivity contribution is 6.44. The minimum absolute atomic E-state index is 0.0522. The molecule has 0 bridgehead atoms. The van der Waals surface area contributed by atoms with Gasteiger partial charge in [0.15, 0.2) is 0 Å². The molecule has 0 aromatic heterocycles. The van der Waals surface area contributed by atoms with E-state index in [9.17, 15) is 9.59 Å². The van der Waals surface area contributed by atoms with Gasteiger partial charge < -0.3 is 9.64 Å². The minimum atomic E-state index is -0.622. The van der Waals surface area contributed by atoms with Crippen LogP contribution in [0.3, 0.4) is 0 Å². The highest BCUT2D eigenvalue weighted by Gasteiger charge is 2.26. The maximum Gasteiger partial charge on any atom is 0.333 e. The molecule has 0 unspecified atom stereocenters. The lowest BCUT2D eigenvalue weighted by atomic mass is 10.2. The Hall–Kier alpha value is -0.970. The molecule has 1 aliphatic rings. The van der Waals surface area contributed by atoms with E-state index in [-0.39, 0.29) is 13.1 Å². The number of carbonyl (C=O) groups excluding carboxylic acids is 2. The van der Waals surface area contributed by atoms with Crippen molar-refractivity contribution in [3.8, 4) is 0 Å². The lowest BCUT2D eigenvalue weighted by Crippen LogP contribution is -2.43. The van der Waals surface area contributed by atoms with Gasteiger partial charge in [0.2, 0.25) is 0 Å². The van der Waals surface area contributed by atoms with Crippen molar-refractivity contribution in [3.05, 3.63) is 27.2 Å². The number of esters is 2. The summed E-state index contributed by atoms with van der Waals surface area (Å²) in [4.78, 5) is 23.8. The fraction of sp³-hybridized carbons (Fsp3) is 0.200. The molecule has 1 saturated heterocycles. The molecule has 0 aliphatic carbocycles. The Morgan fingerprint density at radius 1 is 0.941 bits per heavy atom. The molecule has 1 heterocycles. The first-order valence-corrected chi connectivity index (χ1v) is 5.74. The molecule has 1 aliphatic heterocycles. The average molecular weight is 295 g/mol. The van der Waals surface area contributed by atoms with Crippen LogP contribution in [0.5, 0.6) is 0 Å². The molecule has 1 fully saturated rings. The van der Waals surface area contributed by atoms with Crippen LogP contribution in [0.4, 0.5) is 5.69 Å². The third-order valence-corrected chi connectivity index (χ3v) is 3.22. The highest BCUT2D eigenvalue weighted by Crippen LogP contribution is 2.34. The summed E-state index contributed by atoms with van der Waals surface area (Å²) in [5.41, 5.74) is 0.478. The standard InChI is InChI=1S/C10H6Cl3NO3/c11-5-1-7(13)8(2-6(5)12)14-3-9(15)17-10(16)4-14/h1-2H,3-4H2. The average Bonchev–Trinajstić information content (AvgIpc) is 2.22. The van der Waals surface area contributed by atoms with E-state index in [2.05, 4.69) is 4.74 Å². The van der Waals surface area contributed by atoms with Crippen molar-refractivity contribution < 1.29 is 14.3 Å². The Labute approximate surface area is 112 Å². The zero-order valence-electron chi connectivity index (χ0n) is 8.37. The molecule has 0 amide bonds. The number of ether oxygens (including phenoxy) is 1. The van der Waals surface area contributed by atoms with E-state index >= 15 is 0 Å². The van der Waals surface area contributed by atoms with Gasteiger partial charge in [-0.25, -0.2) is 9.59 Å². The number of benzene rings is 1. The van der Waals surface area contributed by atoms with E-state index in [0.717, 1.165) is 0 Å². The fourth-order valence-electron chi connectivity index (χ4n) is 1.48. The van der Waals surface area contributed by atoms with E-state index < -0.39 is 11.9 Å². The van der Waals surface area contributed by atoms with Gasteiger partial charge in [0.25, 0.3) is 0 Å². The van der Waals surface area contributed by atoms with Gasteiger partial charge in [0, 0.05) is 0 Å². The van der Waals surface area contributed by atoms with Gasteiger partial charge in [-0.15, -0.1) is 0 Å². The Bertz CT molecular complexity index is 488. The van der Waals surface area contributed by atoms with Crippen LogP contribution in [0.1, 0.15) is 0 Å². The number of rotatable bonds is 1. The fourth-order valence-corrected chi connectivity index (χ4v) is 2.14. The molecule has 4 nitrogen and oxygen atoms in total. The molecule has 0 N–H and O–H groups in total. The highest BCUT2D eigenvalue weighted by atomic mass is 35.5. The maximum atomic E-state index is 11.1. The van der Waals surface area contributed by atoms with Crippen LogP contribution < -0.4 is 4.90 Å². The van der Waals surface area contributed by atoms with Gasteiger partial charge in [-0.3, -0.25) is 0 Å². The van der Waals surface area contributed by atoms with Crippen molar-refractivity contribution in [2.24, 2.45) is 0 Å². The number of nitrogens with zero attached hydrogens (tertiary/aromatic N) is 1. The second kappa shape index (κ2) is 4.72. The molecule has 7 heteroatoms. The van der Waals surface area contributed by atoms with Crippen LogP contribution in [0.25, 0.3) is 0 Å². The van der Waals surface area contributed by atoms with Crippen molar-refractivity contribution in [2.45, 2.75) is 0 Å². The number of carbonyl (C=O) groups is 2. The smallest absolute Gasteiger partial charge is 0.333 e. The van der Waals surface area contributed by atoms with Gasteiger partial charge in [-0.1, -0.05) is 34.8 Å². The first kappa shape index (κ1) is 12.5. The van der Waals surface area contributed by atoms with E-state index in [4.69, 9.17) is 34.8 Å². The van der Waals surface area contributed by atoms with E-state index in [1.165, 1.54) is 17.0 Å². The van der Waals surface area contributed by atoms with Crippen LogP contribution in [-0.4, -0.2) is 25.0 Å². The van der Waals surface area contributed by atoms with Crippen LogP contribution >= 0.6 is 34.8 Å². The molecule has 1 aromatic carbocycles. The van der Waals surface area contributed by atoms with Crippen molar-refractivity contribution >= 4 is 52.4 Å². The van der Waals surface area contributed by atoms with Gasteiger partial charge in [-0.05, 0) is 12.1 Å². The number of anilines is 1. The van der Waals surface area contributed by atoms with Gasteiger partial charge in [0.1, 0.15) is 13.1 Å². The Balaban J connectivity index is 2.36. The molecule has 0 atom stereocenters. The third-order valence-electron chi connectivity index (χ3n) is 2.20. The zero-order chi connectivity index (χ0) is 12.6. The monoisotopic (exact) mass is 293 g/mol. The number of hydrogen-bond acceptors (Lipinski definition) is 4. The topological polar surface area (TPSA) is 46.6 Å². The Morgan fingerprint density at radius 2 is 1.47 bits per heavy atom. The molecule has 2 rings (SSSR count). The summed E-state index contributed by atoms with van der Waals surface area (Å²) < 4.78 is 4.41. The second-order valence-corrected chi connectivity index (χ2v) is 4.64.